The average Bonchev–Trinajstić information content (AvgIpc) is 3.22. The number of aromatic nitrogens is 3. The summed E-state index contributed by atoms with van der Waals surface area (Å²) in [5, 5.41) is 21.7. The number of halogens is 1. The van der Waals surface area contributed by atoms with Gasteiger partial charge in [-0.2, -0.15) is 4.39 Å². The molecule has 2 aromatic heterocycles. The molecule has 0 aliphatic carbocycles. The summed E-state index contributed by atoms with van der Waals surface area (Å²) >= 11 is 2.72. The van der Waals surface area contributed by atoms with Crippen LogP contribution in [-0.2, 0) is 4.79 Å². The quantitative estimate of drug-likeness (QED) is 0.298. The standard InChI is InChI=1S/C17H12FN5O3S2/c1-9(15(24)19-10-6-7-11(18)13(8-10)23(25)26)27-16-20-21-17-22(16)12-4-2-3-5-14(12)28-17/h2-9H,1H3,(H,19,24). The predicted molar refractivity (Wildman–Crippen MR) is 105 cm³/mol. The normalized spacial score (nSPS) is 12.4. The second-order valence-electron chi connectivity index (χ2n) is 5.84. The minimum absolute atomic E-state index is 0.151. The van der Waals surface area contributed by atoms with Crippen molar-refractivity contribution in [3.8, 4) is 0 Å². The van der Waals surface area contributed by atoms with Gasteiger partial charge in [-0.25, -0.2) is 0 Å². The van der Waals surface area contributed by atoms with Gasteiger partial charge in [0.05, 0.1) is 20.4 Å². The summed E-state index contributed by atoms with van der Waals surface area (Å²) < 4.78 is 16.4. The number of rotatable bonds is 5. The SMILES string of the molecule is CC(Sc1nnc2sc3ccccc3n12)C(=O)Nc1ccc(F)c([N+](=O)[O-])c1. The molecule has 1 atom stereocenters. The molecule has 4 aromatic rings. The maximum absolute atomic E-state index is 13.4. The van der Waals surface area contributed by atoms with E-state index in [0.717, 1.165) is 27.3 Å². The molecule has 1 amide bonds. The summed E-state index contributed by atoms with van der Waals surface area (Å²) in [5.41, 5.74) is 0.414. The molecule has 0 aliphatic heterocycles. The number of anilines is 1. The third-order valence-electron chi connectivity index (χ3n) is 3.97. The minimum Gasteiger partial charge on any atom is -0.325 e. The van der Waals surface area contributed by atoms with Crippen molar-refractivity contribution in [2.45, 2.75) is 17.3 Å². The van der Waals surface area contributed by atoms with Crippen molar-refractivity contribution in [1.29, 1.82) is 0 Å². The van der Waals surface area contributed by atoms with Crippen molar-refractivity contribution in [2.75, 3.05) is 5.32 Å². The van der Waals surface area contributed by atoms with E-state index in [4.69, 9.17) is 0 Å². The van der Waals surface area contributed by atoms with Gasteiger partial charge in [-0.05, 0) is 31.2 Å². The van der Waals surface area contributed by atoms with E-state index in [9.17, 15) is 19.3 Å². The molecule has 0 aliphatic rings. The molecule has 2 aromatic carbocycles. The van der Waals surface area contributed by atoms with Crippen LogP contribution in [-0.4, -0.2) is 30.7 Å². The monoisotopic (exact) mass is 417 g/mol. The van der Waals surface area contributed by atoms with Gasteiger partial charge in [-0.15, -0.1) is 10.2 Å². The smallest absolute Gasteiger partial charge is 0.306 e. The number of thioether (sulfide) groups is 1. The Kier molecular flexibility index (Phi) is 4.69. The first kappa shape index (κ1) is 18.3. The van der Waals surface area contributed by atoms with Gasteiger partial charge in [0, 0.05) is 11.8 Å². The molecule has 11 heteroatoms. The number of hydrogen-bond donors (Lipinski definition) is 1. The van der Waals surface area contributed by atoms with Crippen LogP contribution in [0, 0.1) is 15.9 Å². The van der Waals surface area contributed by atoms with E-state index in [1.54, 1.807) is 6.92 Å². The maximum atomic E-state index is 13.4. The topological polar surface area (TPSA) is 102 Å². The van der Waals surface area contributed by atoms with E-state index in [1.165, 1.54) is 29.2 Å². The summed E-state index contributed by atoms with van der Waals surface area (Å²) in [6.07, 6.45) is 0. The summed E-state index contributed by atoms with van der Waals surface area (Å²) in [7, 11) is 0. The van der Waals surface area contributed by atoms with Crippen LogP contribution >= 0.6 is 23.1 Å². The van der Waals surface area contributed by atoms with Gasteiger partial charge in [-0.1, -0.05) is 35.2 Å². The summed E-state index contributed by atoms with van der Waals surface area (Å²) in [6.45, 7) is 1.69. The molecule has 0 saturated carbocycles. The highest BCUT2D eigenvalue weighted by atomic mass is 32.2. The highest BCUT2D eigenvalue weighted by Gasteiger charge is 2.21. The van der Waals surface area contributed by atoms with Crippen molar-refractivity contribution in [3.05, 3.63) is 58.4 Å². The summed E-state index contributed by atoms with van der Waals surface area (Å²) in [4.78, 5) is 23.2. The fourth-order valence-electron chi connectivity index (χ4n) is 2.62. The lowest BCUT2D eigenvalue weighted by molar-refractivity contribution is -0.387. The zero-order valence-electron chi connectivity index (χ0n) is 14.3. The fraction of sp³-hybridized carbons (Fsp3) is 0.118. The lowest BCUT2D eigenvalue weighted by Gasteiger charge is -2.11. The molecule has 2 heterocycles. The van der Waals surface area contributed by atoms with Crippen LogP contribution in [0.25, 0.3) is 15.2 Å². The van der Waals surface area contributed by atoms with E-state index in [-0.39, 0.29) is 11.6 Å². The van der Waals surface area contributed by atoms with Crippen molar-refractivity contribution >= 4 is 55.6 Å². The van der Waals surface area contributed by atoms with E-state index in [1.807, 2.05) is 28.7 Å². The number of nitrogens with one attached hydrogen (secondary N) is 1. The van der Waals surface area contributed by atoms with Crippen molar-refractivity contribution in [1.82, 2.24) is 14.6 Å². The Hall–Kier alpha value is -3.05. The number of thiazole rings is 1. The van der Waals surface area contributed by atoms with Gasteiger partial charge in [0.2, 0.25) is 16.7 Å². The zero-order valence-corrected chi connectivity index (χ0v) is 16.0. The van der Waals surface area contributed by atoms with Crippen LogP contribution in [0.5, 0.6) is 0 Å². The lowest BCUT2D eigenvalue weighted by atomic mass is 10.2. The maximum Gasteiger partial charge on any atom is 0.306 e. The van der Waals surface area contributed by atoms with Gasteiger partial charge >= 0.3 is 5.69 Å². The Morgan fingerprint density at radius 1 is 1.32 bits per heavy atom. The Morgan fingerprint density at radius 2 is 2.11 bits per heavy atom. The van der Waals surface area contributed by atoms with Crippen molar-refractivity contribution in [3.63, 3.8) is 0 Å². The number of nitro benzene ring substituents is 1. The molecule has 0 spiro atoms. The highest BCUT2D eigenvalue weighted by Crippen LogP contribution is 2.31. The zero-order chi connectivity index (χ0) is 19.8. The largest absolute Gasteiger partial charge is 0.325 e. The molecule has 1 unspecified atom stereocenters. The average molecular weight is 417 g/mol. The second-order valence-corrected chi connectivity index (χ2v) is 8.16. The number of carbonyl (C=O) groups excluding carboxylic acids is 1. The van der Waals surface area contributed by atoms with Gasteiger partial charge in [0.15, 0.2) is 5.16 Å². The van der Waals surface area contributed by atoms with Crippen LogP contribution in [0.3, 0.4) is 0 Å². The van der Waals surface area contributed by atoms with Gasteiger partial charge in [-0.3, -0.25) is 19.3 Å². The third kappa shape index (κ3) is 3.29. The van der Waals surface area contributed by atoms with Gasteiger partial charge in [0.1, 0.15) is 0 Å². The molecule has 0 radical (unpaired) electrons. The third-order valence-corrected chi connectivity index (χ3v) is 6.03. The summed E-state index contributed by atoms with van der Waals surface area (Å²) in [6, 6.07) is 11.0. The van der Waals surface area contributed by atoms with Gasteiger partial charge < -0.3 is 5.32 Å². The fourth-order valence-corrected chi connectivity index (χ4v) is 4.50. The Labute approximate surface area is 165 Å². The molecular formula is C17H12FN5O3S2. The first-order valence-corrected chi connectivity index (χ1v) is 9.78. The molecule has 1 N–H and O–H groups in total. The van der Waals surface area contributed by atoms with E-state index >= 15 is 0 Å². The molecular weight excluding hydrogens is 405 g/mol. The predicted octanol–water partition coefficient (Wildman–Crippen LogP) is 4.11. The molecule has 28 heavy (non-hydrogen) atoms. The van der Waals surface area contributed by atoms with Crippen LogP contribution < -0.4 is 5.32 Å². The number of benzene rings is 2. The Bertz CT molecular complexity index is 1220. The first-order valence-electron chi connectivity index (χ1n) is 8.08. The number of nitro groups is 1. The second kappa shape index (κ2) is 7.17. The van der Waals surface area contributed by atoms with E-state index < -0.39 is 21.7 Å². The number of para-hydroxylation sites is 1. The van der Waals surface area contributed by atoms with E-state index in [2.05, 4.69) is 15.5 Å². The molecule has 142 valence electrons. The number of amides is 1. The number of carbonyl (C=O) groups is 1. The number of fused-ring (bicyclic) bond motifs is 3. The summed E-state index contributed by atoms with van der Waals surface area (Å²) in [5.74, 6) is -1.34. The molecule has 8 nitrogen and oxygen atoms in total. The molecule has 0 fully saturated rings. The molecule has 0 bridgehead atoms. The highest BCUT2D eigenvalue weighted by molar-refractivity contribution is 8.00. The van der Waals surface area contributed by atoms with Crippen molar-refractivity contribution < 1.29 is 14.1 Å². The molecule has 0 saturated heterocycles. The van der Waals surface area contributed by atoms with Gasteiger partial charge in [0.25, 0.3) is 0 Å². The minimum atomic E-state index is -0.958. The Balaban J connectivity index is 1.55. The lowest BCUT2D eigenvalue weighted by Crippen LogP contribution is -2.22. The number of nitrogens with zero attached hydrogens (tertiary/aromatic N) is 4. The van der Waals surface area contributed by atoms with Crippen molar-refractivity contribution in [2.24, 2.45) is 0 Å². The van der Waals surface area contributed by atoms with E-state index in [0.29, 0.717) is 5.16 Å². The van der Waals surface area contributed by atoms with Crippen LogP contribution in [0.1, 0.15) is 6.92 Å². The first-order chi connectivity index (χ1) is 13.4. The van der Waals surface area contributed by atoms with Crippen LogP contribution in [0.2, 0.25) is 0 Å². The molecule has 4 rings (SSSR count). The van der Waals surface area contributed by atoms with Crippen LogP contribution in [0.4, 0.5) is 15.8 Å². The number of hydrogen-bond acceptors (Lipinski definition) is 7. The van der Waals surface area contributed by atoms with Crippen LogP contribution in [0.15, 0.2) is 47.6 Å². The Morgan fingerprint density at radius 3 is 2.89 bits per heavy atom.